The summed E-state index contributed by atoms with van der Waals surface area (Å²) < 4.78 is 53.6. The van der Waals surface area contributed by atoms with Gasteiger partial charge < -0.3 is 19.4 Å². The van der Waals surface area contributed by atoms with E-state index in [1.165, 1.54) is 20.8 Å². The number of aryl methyl sites for hydroxylation is 2. The summed E-state index contributed by atoms with van der Waals surface area (Å²) in [6, 6.07) is 7.18. The zero-order valence-electron chi connectivity index (χ0n) is 20.7. The molecule has 1 N–H and O–H groups in total. The van der Waals surface area contributed by atoms with Crippen molar-refractivity contribution in [2.75, 3.05) is 13.1 Å². The number of benzene rings is 2. The van der Waals surface area contributed by atoms with E-state index in [0.717, 1.165) is 6.07 Å². The standard InChI is InChI=1S/C26H28F3N3O4/c1-13-11-32(12-14(2)35-13)25(34)18-6-8-19(9-7-18)36-16(4)22-15(3)23-21(10-20(22)26(27,28)29)30-17(5)31-24(23)33/h6-10,13-14,16H,11-12H2,1-5H3,(H,30,31,33)/t13-,14+,16-/m0/s1. The molecule has 2 aromatic carbocycles. The summed E-state index contributed by atoms with van der Waals surface area (Å²) in [4.78, 5) is 33.8. The lowest BCUT2D eigenvalue weighted by Crippen LogP contribution is -2.48. The van der Waals surface area contributed by atoms with E-state index in [0.29, 0.717) is 24.4 Å². The van der Waals surface area contributed by atoms with Crippen molar-refractivity contribution in [2.24, 2.45) is 0 Å². The number of ether oxygens (including phenoxy) is 2. The molecule has 1 amide bonds. The highest BCUT2D eigenvalue weighted by Gasteiger charge is 2.37. The highest BCUT2D eigenvalue weighted by atomic mass is 19.4. The van der Waals surface area contributed by atoms with E-state index in [4.69, 9.17) is 9.47 Å². The molecular weight excluding hydrogens is 475 g/mol. The molecule has 1 aliphatic rings. The number of nitrogens with one attached hydrogen (secondary N) is 1. The van der Waals surface area contributed by atoms with Crippen LogP contribution in [-0.4, -0.2) is 46.1 Å². The van der Waals surface area contributed by atoms with Gasteiger partial charge in [0, 0.05) is 24.2 Å². The van der Waals surface area contributed by atoms with Gasteiger partial charge in [0.25, 0.3) is 11.5 Å². The maximum absolute atomic E-state index is 14.0. The van der Waals surface area contributed by atoms with Gasteiger partial charge in [-0.3, -0.25) is 9.59 Å². The van der Waals surface area contributed by atoms with Crippen LogP contribution >= 0.6 is 0 Å². The van der Waals surface area contributed by atoms with Crippen LogP contribution in [0.1, 0.15) is 59.7 Å². The second kappa shape index (κ2) is 9.57. The molecule has 10 heteroatoms. The Hall–Kier alpha value is -3.40. The number of aromatic nitrogens is 2. The highest BCUT2D eigenvalue weighted by Crippen LogP contribution is 2.40. The van der Waals surface area contributed by atoms with Crippen molar-refractivity contribution in [1.29, 1.82) is 0 Å². The minimum absolute atomic E-state index is 0.0216. The molecule has 0 saturated carbocycles. The van der Waals surface area contributed by atoms with Gasteiger partial charge in [-0.05, 0) is 70.5 Å². The zero-order chi connectivity index (χ0) is 26.4. The molecule has 0 bridgehead atoms. The molecule has 36 heavy (non-hydrogen) atoms. The lowest BCUT2D eigenvalue weighted by Gasteiger charge is -2.35. The monoisotopic (exact) mass is 503 g/mol. The number of carbonyl (C=O) groups excluding carboxylic acids is 1. The quantitative estimate of drug-likeness (QED) is 0.545. The molecule has 2 heterocycles. The van der Waals surface area contributed by atoms with Gasteiger partial charge in [-0.2, -0.15) is 13.2 Å². The largest absolute Gasteiger partial charge is 0.486 e. The van der Waals surface area contributed by atoms with E-state index < -0.39 is 23.4 Å². The number of carbonyl (C=O) groups is 1. The summed E-state index contributed by atoms with van der Waals surface area (Å²) in [5, 5.41) is 0.0916. The van der Waals surface area contributed by atoms with Crippen molar-refractivity contribution in [1.82, 2.24) is 14.9 Å². The van der Waals surface area contributed by atoms with Crippen molar-refractivity contribution >= 4 is 16.8 Å². The highest BCUT2D eigenvalue weighted by molar-refractivity contribution is 5.94. The maximum atomic E-state index is 14.0. The number of aromatic amines is 1. The molecule has 4 rings (SSSR count). The number of morpholine rings is 1. The average molecular weight is 504 g/mol. The number of alkyl halides is 3. The Morgan fingerprint density at radius 3 is 2.36 bits per heavy atom. The van der Waals surface area contributed by atoms with Crippen LogP contribution in [0, 0.1) is 13.8 Å². The van der Waals surface area contributed by atoms with Gasteiger partial charge in [-0.25, -0.2) is 4.98 Å². The number of hydrogen-bond donors (Lipinski definition) is 1. The SMILES string of the molecule is Cc1nc2cc(C(F)(F)F)c([C@H](C)Oc3ccc(C(=O)N4C[C@@H](C)O[C@@H](C)C4)cc3)c(C)c2c(=O)[nH]1. The third-order valence-electron chi connectivity index (χ3n) is 6.25. The van der Waals surface area contributed by atoms with Crippen molar-refractivity contribution < 1.29 is 27.4 Å². The van der Waals surface area contributed by atoms with Crippen molar-refractivity contribution in [2.45, 2.75) is 59.1 Å². The number of halogens is 3. The van der Waals surface area contributed by atoms with E-state index in [2.05, 4.69) is 9.97 Å². The molecular formula is C26H28F3N3O4. The number of amides is 1. The topological polar surface area (TPSA) is 84.5 Å². The van der Waals surface area contributed by atoms with E-state index >= 15 is 0 Å². The van der Waals surface area contributed by atoms with Crippen LogP contribution in [0.5, 0.6) is 5.75 Å². The number of nitrogens with zero attached hydrogens (tertiary/aromatic N) is 2. The van der Waals surface area contributed by atoms with E-state index in [-0.39, 0.29) is 46.0 Å². The number of fused-ring (bicyclic) bond motifs is 1. The third kappa shape index (κ3) is 5.09. The smallest absolute Gasteiger partial charge is 0.416 e. The lowest BCUT2D eigenvalue weighted by molar-refractivity contribution is -0.138. The van der Waals surface area contributed by atoms with Gasteiger partial charge in [0.05, 0.1) is 28.7 Å². The molecule has 1 saturated heterocycles. The van der Waals surface area contributed by atoms with Crippen LogP contribution in [0.4, 0.5) is 13.2 Å². The molecule has 7 nitrogen and oxygen atoms in total. The Bertz CT molecular complexity index is 1340. The van der Waals surface area contributed by atoms with Crippen molar-refractivity contribution in [3.05, 3.63) is 68.8 Å². The molecule has 1 fully saturated rings. The molecule has 3 aromatic rings. The normalized spacial score (nSPS) is 19.4. The minimum atomic E-state index is -4.67. The zero-order valence-corrected chi connectivity index (χ0v) is 20.7. The van der Waals surface area contributed by atoms with Crippen molar-refractivity contribution in [3.8, 4) is 5.75 Å². The predicted octanol–water partition coefficient (Wildman–Crippen LogP) is 4.95. The molecule has 1 aromatic heterocycles. The Morgan fingerprint density at radius 2 is 1.78 bits per heavy atom. The molecule has 1 aliphatic heterocycles. The van der Waals surface area contributed by atoms with Gasteiger partial charge in [0.15, 0.2) is 0 Å². The number of H-pyrrole nitrogens is 1. The summed E-state index contributed by atoms with van der Waals surface area (Å²) in [6.07, 6.45) is -5.84. The Labute approximate surface area is 206 Å². The van der Waals surface area contributed by atoms with Gasteiger partial charge in [-0.1, -0.05) is 0 Å². The Kier molecular flexibility index (Phi) is 6.83. The van der Waals surface area contributed by atoms with Crippen LogP contribution in [0.15, 0.2) is 35.1 Å². The molecule has 192 valence electrons. The second-order valence-corrected chi connectivity index (χ2v) is 9.26. The van der Waals surface area contributed by atoms with Crippen molar-refractivity contribution in [3.63, 3.8) is 0 Å². The molecule has 0 spiro atoms. The van der Waals surface area contributed by atoms with E-state index in [9.17, 15) is 22.8 Å². The van der Waals surface area contributed by atoms with Gasteiger partial charge in [0.1, 0.15) is 17.7 Å². The average Bonchev–Trinajstić information content (AvgIpc) is 2.77. The maximum Gasteiger partial charge on any atom is 0.416 e. The van der Waals surface area contributed by atoms with E-state index in [1.54, 1.807) is 29.2 Å². The molecule has 0 aliphatic carbocycles. The fourth-order valence-electron chi connectivity index (χ4n) is 4.85. The summed E-state index contributed by atoms with van der Waals surface area (Å²) >= 11 is 0. The summed E-state index contributed by atoms with van der Waals surface area (Å²) in [7, 11) is 0. The minimum Gasteiger partial charge on any atom is -0.486 e. The summed E-state index contributed by atoms with van der Waals surface area (Å²) in [5.74, 6) is 0.377. The van der Waals surface area contributed by atoms with Gasteiger partial charge in [-0.15, -0.1) is 0 Å². The van der Waals surface area contributed by atoms with E-state index in [1.807, 2.05) is 13.8 Å². The van der Waals surface area contributed by atoms with Gasteiger partial charge in [0.2, 0.25) is 0 Å². The first-order chi connectivity index (χ1) is 16.8. The molecule has 0 unspecified atom stereocenters. The van der Waals surface area contributed by atoms with Crippen LogP contribution in [0.3, 0.4) is 0 Å². The molecule has 0 radical (unpaired) electrons. The molecule has 3 atom stereocenters. The second-order valence-electron chi connectivity index (χ2n) is 9.26. The first kappa shape index (κ1) is 25.7. The van der Waals surface area contributed by atoms with Crippen LogP contribution in [0.2, 0.25) is 0 Å². The van der Waals surface area contributed by atoms with Crippen LogP contribution < -0.4 is 10.3 Å². The summed E-state index contributed by atoms with van der Waals surface area (Å²) in [5.41, 5.74) is -0.966. The van der Waals surface area contributed by atoms with Crippen LogP contribution in [-0.2, 0) is 10.9 Å². The van der Waals surface area contributed by atoms with Gasteiger partial charge >= 0.3 is 6.18 Å². The first-order valence-corrected chi connectivity index (χ1v) is 11.7. The van der Waals surface area contributed by atoms with Crippen LogP contribution in [0.25, 0.3) is 10.9 Å². The summed E-state index contributed by atoms with van der Waals surface area (Å²) in [6.45, 7) is 9.24. The lowest BCUT2D eigenvalue weighted by atomic mass is 9.94. The number of rotatable bonds is 4. The first-order valence-electron chi connectivity index (χ1n) is 11.7. The fourth-order valence-corrected chi connectivity index (χ4v) is 4.85. The third-order valence-corrected chi connectivity index (χ3v) is 6.25. The fraction of sp³-hybridized carbons (Fsp3) is 0.423. The Morgan fingerprint density at radius 1 is 1.17 bits per heavy atom. The number of hydrogen-bond acceptors (Lipinski definition) is 5. The Balaban J connectivity index is 1.63. The predicted molar refractivity (Wildman–Crippen MR) is 128 cm³/mol.